The minimum atomic E-state index is 0. The minimum absolute atomic E-state index is 0. The van der Waals surface area contributed by atoms with E-state index in [2.05, 4.69) is 0 Å². The predicted octanol–water partition coefficient (Wildman–Crippen LogP) is -0.916. The summed E-state index contributed by atoms with van der Waals surface area (Å²) in [6.07, 6.45) is 0. The summed E-state index contributed by atoms with van der Waals surface area (Å²) in [5.74, 6) is 0. The van der Waals surface area contributed by atoms with Gasteiger partial charge < -0.3 is 0 Å². The van der Waals surface area contributed by atoms with Gasteiger partial charge in [0.25, 0.3) is 0 Å². The minimum Gasteiger partial charge on any atom is 0 e. The second-order valence-electron chi connectivity index (χ2n) is 0. The summed E-state index contributed by atoms with van der Waals surface area (Å²) in [6.45, 7) is 0. The van der Waals surface area contributed by atoms with Gasteiger partial charge in [0.2, 0.25) is 0 Å². The van der Waals surface area contributed by atoms with Gasteiger partial charge in [-0.15, -0.1) is 0 Å². The third kappa shape index (κ3) is 17.8. The average molecular weight is 647 g/mol. The zero-order valence-corrected chi connectivity index (χ0v) is 11.8. The standard InChI is InChI=1S/Dy.Er.Mg.Pr.Sm.2H. The fourth-order valence-electron chi connectivity index (χ4n) is 0. The molecule has 1 radical (unpaired) electrons. The van der Waals surface area contributed by atoms with Gasteiger partial charge in [-0.3, -0.25) is 0 Å². The van der Waals surface area contributed by atoms with Crippen LogP contribution in [0.5, 0.6) is 0 Å². The Bertz CT molecular complexity index is 11.6. The summed E-state index contributed by atoms with van der Waals surface area (Å²) in [5.41, 5.74) is 0. The van der Waals surface area contributed by atoms with Crippen LogP contribution in [-0.2, 0) is 0 Å². The molecule has 0 aromatic carbocycles. The molecule has 0 rings (SSSR count). The third-order valence-electron chi connectivity index (χ3n) is 0. The summed E-state index contributed by atoms with van der Waals surface area (Å²) in [6, 6.07) is 0. The second kappa shape index (κ2) is 22.5. The van der Waals surface area contributed by atoms with Crippen LogP contribution in [0.1, 0.15) is 0 Å². The van der Waals surface area contributed by atoms with E-state index in [0.29, 0.717) is 0 Å². The number of rotatable bonds is 0. The second-order valence-corrected chi connectivity index (χ2v) is 0. The van der Waals surface area contributed by atoms with Crippen molar-refractivity contribution in [3.8, 4) is 0 Å². The first-order valence-electron chi connectivity index (χ1n) is 0. The Balaban J connectivity index is 0. The summed E-state index contributed by atoms with van der Waals surface area (Å²) < 4.78 is 0. The molecule has 0 atom stereocenters. The van der Waals surface area contributed by atoms with Crippen LogP contribution in [0.4, 0.5) is 0 Å². The van der Waals surface area contributed by atoms with E-state index in [1.165, 1.54) is 0 Å². The van der Waals surface area contributed by atoms with E-state index in [1.54, 1.807) is 0 Å². The monoisotopic (exact) mass is 649 g/mol. The fourth-order valence-corrected chi connectivity index (χ4v) is 0. The Kier molecular flexibility index (Phi) is 138. The van der Waals surface area contributed by atoms with Crippen molar-refractivity contribution in [3.05, 3.63) is 0 Å². The number of hydrogen-bond donors (Lipinski definition) is 0. The van der Waals surface area contributed by atoms with Crippen molar-refractivity contribution in [2.75, 3.05) is 0 Å². The van der Waals surface area contributed by atoms with Gasteiger partial charge in [0, 0.05) is 157 Å². The summed E-state index contributed by atoms with van der Waals surface area (Å²) in [7, 11) is 0. The van der Waals surface area contributed by atoms with Gasteiger partial charge in [-0.25, -0.2) is 0 Å². The molecule has 5 heavy (non-hydrogen) atoms. The molecule has 0 amide bonds. The molecule has 0 saturated heterocycles. The van der Waals surface area contributed by atoms with Crippen LogP contribution >= 0.6 is 0 Å². The SMILES string of the molecule is [Dy].[Er].[MgH2].[Pr].[Sm]. The molecule has 0 aromatic heterocycles. The molecule has 0 saturated carbocycles. The topological polar surface area (TPSA) is 0 Å². The predicted molar refractivity (Wildman–Crippen MR) is 8.54 cm³/mol. The van der Waals surface area contributed by atoms with Crippen molar-refractivity contribution < 1.29 is 157 Å². The van der Waals surface area contributed by atoms with Gasteiger partial charge in [0.1, 0.15) is 0 Å². The zero-order valence-electron chi connectivity index (χ0n) is 1.59. The van der Waals surface area contributed by atoms with Crippen molar-refractivity contribution >= 4 is 23.1 Å². The van der Waals surface area contributed by atoms with E-state index in [-0.39, 0.29) is 180 Å². The quantitative estimate of drug-likeness (QED) is 0.299. The van der Waals surface area contributed by atoms with Gasteiger partial charge in [0.05, 0.1) is 0 Å². The molecular weight excluding hydrogens is 645 g/mol. The molecule has 0 bridgehead atoms. The Labute approximate surface area is 174 Å². The first-order chi connectivity index (χ1) is 0. The van der Waals surface area contributed by atoms with Crippen LogP contribution in [0.2, 0.25) is 0 Å². The van der Waals surface area contributed by atoms with E-state index in [0.717, 1.165) is 0 Å². The molecular formula is H2DyErMgPrSm. The normalized spacial score (nSPS) is 0. The van der Waals surface area contributed by atoms with E-state index < -0.39 is 0 Å². The molecule has 0 heterocycles. The molecule has 0 unspecified atom stereocenters. The van der Waals surface area contributed by atoms with E-state index in [9.17, 15) is 0 Å². The van der Waals surface area contributed by atoms with Crippen LogP contribution in [0.3, 0.4) is 0 Å². The van der Waals surface area contributed by atoms with Crippen LogP contribution in [-0.4, -0.2) is 23.1 Å². The Morgan fingerprint density at radius 1 is 1.00 bits per heavy atom. The summed E-state index contributed by atoms with van der Waals surface area (Å²) >= 11 is 0. The van der Waals surface area contributed by atoms with Crippen molar-refractivity contribution in [2.24, 2.45) is 0 Å². The molecule has 5 heteroatoms. The van der Waals surface area contributed by atoms with Gasteiger partial charge in [-0.1, -0.05) is 0 Å². The van der Waals surface area contributed by atoms with Crippen LogP contribution < -0.4 is 0 Å². The first kappa shape index (κ1) is 30.6. The van der Waals surface area contributed by atoms with Crippen molar-refractivity contribution in [1.29, 1.82) is 0 Å². The molecule has 35 valence electrons. The Morgan fingerprint density at radius 3 is 1.00 bits per heavy atom. The van der Waals surface area contributed by atoms with Crippen molar-refractivity contribution in [2.45, 2.75) is 0 Å². The van der Waals surface area contributed by atoms with E-state index >= 15 is 0 Å². The van der Waals surface area contributed by atoms with E-state index in [1.807, 2.05) is 0 Å². The molecule has 0 N–H and O–H groups in total. The fraction of sp³-hybridized carbons (Fsp3) is 0. The van der Waals surface area contributed by atoms with E-state index in [4.69, 9.17) is 0 Å². The summed E-state index contributed by atoms with van der Waals surface area (Å²) in [4.78, 5) is 0. The number of hydrogen-bond acceptors (Lipinski definition) is 0. The maximum Gasteiger partial charge on any atom is 0.316 e. The van der Waals surface area contributed by atoms with Gasteiger partial charge >= 0.3 is 23.1 Å². The van der Waals surface area contributed by atoms with Gasteiger partial charge in [-0.05, 0) is 0 Å². The molecule has 0 nitrogen and oxygen atoms in total. The Hall–Kier alpha value is 5.99. The van der Waals surface area contributed by atoms with Crippen molar-refractivity contribution in [1.82, 2.24) is 0 Å². The summed E-state index contributed by atoms with van der Waals surface area (Å²) in [5, 5.41) is 0. The largest absolute Gasteiger partial charge is 0.316 e. The molecule has 0 fully saturated rings. The smallest absolute Gasteiger partial charge is 0 e. The Morgan fingerprint density at radius 2 is 1.00 bits per heavy atom. The van der Waals surface area contributed by atoms with Crippen LogP contribution in [0.15, 0.2) is 0 Å². The van der Waals surface area contributed by atoms with Gasteiger partial charge in [-0.2, -0.15) is 0 Å². The maximum atomic E-state index is 0. The molecule has 0 aliphatic heterocycles. The molecule has 0 aliphatic rings. The maximum absolute atomic E-state index is 0. The van der Waals surface area contributed by atoms with Crippen LogP contribution in [0, 0.1) is 157 Å². The first-order valence-corrected chi connectivity index (χ1v) is 0. The molecule has 0 aromatic rings. The average Bonchev–Trinajstić information content (AvgIpc) is 0. The van der Waals surface area contributed by atoms with Crippen molar-refractivity contribution in [3.63, 3.8) is 0 Å². The molecule has 0 aliphatic carbocycles. The zero-order chi connectivity index (χ0) is 0. The van der Waals surface area contributed by atoms with Gasteiger partial charge in [0.15, 0.2) is 0 Å². The van der Waals surface area contributed by atoms with Crippen LogP contribution in [0.25, 0.3) is 0 Å². The molecule has 0 spiro atoms. The third-order valence-corrected chi connectivity index (χ3v) is 0.